The third-order valence-electron chi connectivity index (χ3n) is 4.54. The molecule has 0 radical (unpaired) electrons. The van der Waals surface area contributed by atoms with Gasteiger partial charge in [-0.25, -0.2) is 0 Å². The standard InChI is InChI=1S/C13H24N2O/c1-8(14)13(2,3)15-12(16)11-9-6-4-5-7-10(9)11/h8-11H,4-7,14H2,1-3H3,(H,15,16). The Bertz CT molecular complexity index is 274. The van der Waals surface area contributed by atoms with Gasteiger partial charge in [-0.3, -0.25) is 4.79 Å². The van der Waals surface area contributed by atoms with Crippen molar-refractivity contribution in [1.82, 2.24) is 5.32 Å². The predicted molar refractivity (Wildman–Crippen MR) is 64.8 cm³/mol. The van der Waals surface area contributed by atoms with Gasteiger partial charge in [0.1, 0.15) is 0 Å². The number of fused-ring (bicyclic) bond motifs is 1. The van der Waals surface area contributed by atoms with E-state index in [0.717, 1.165) is 0 Å². The van der Waals surface area contributed by atoms with E-state index in [1.54, 1.807) is 0 Å². The molecule has 2 rings (SSSR count). The molecule has 0 spiro atoms. The van der Waals surface area contributed by atoms with E-state index in [4.69, 9.17) is 5.73 Å². The minimum Gasteiger partial charge on any atom is -0.349 e. The molecular weight excluding hydrogens is 200 g/mol. The second-order valence-corrected chi connectivity index (χ2v) is 6.14. The van der Waals surface area contributed by atoms with Gasteiger partial charge in [0.25, 0.3) is 0 Å². The summed E-state index contributed by atoms with van der Waals surface area (Å²) in [5.74, 6) is 1.88. The smallest absolute Gasteiger partial charge is 0.224 e. The molecule has 0 aliphatic heterocycles. The number of nitrogens with two attached hydrogens (primary N) is 1. The van der Waals surface area contributed by atoms with Crippen LogP contribution in [-0.2, 0) is 4.79 Å². The third kappa shape index (κ3) is 2.10. The number of nitrogens with one attached hydrogen (secondary N) is 1. The van der Waals surface area contributed by atoms with Crippen molar-refractivity contribution in [1.29, 1.82) is 0 Å². The van der Waals surface area contributed by atoms with E-state index >= 15 is 0 Å². The minimum atomic E-state index is -0.289. The molecule has 0 bridgehead atoms. The molecule has 1 amide bonds. The highest BCUT2D eigenvalue weighted by Gasteiger charge is 2.55. The Morgan fingerprint density at radius 2 is 1.81 bits per heavy atom. The zero-order valence-electron chi connectivity index (χ0n) is 10.6. The first kappa shape index (κ1) is 11.9. The summed E-state index contributed by atoms with van der Waals surface area (Å²) in [6.07, 6.45) is 5.12. The summed E-state index contributed by atoms with van der Waals surface area (Å²) in [5, 5.41) is 3.11. The first-order chi connectivity index (χ1) is 7.43. The molecule has 3 atom stereocenters. The van der Waals surface area contributed by atoms with Crippen molar-refractivity contribution in [2.75, 3.05) is 0 Å². The summed E-state index contributed by atoms with van der Waals surface area (Å²) in [6, 6.07) is -0.0165. The highest BCUT2D eigenvalue weighted by molar-refractivity contribution is 5.83. The molecule has 16 heavy (non-hydrogen) atoms. The van der Waals surface area contributed by atoms with Crippen LogP contribution in [0.5, 0.6) is 0 Å². The molecule has 3 heteroatoms. The van der Waals surface area contributed by atoms with Crippen molar-refractivity contribution < 1.29 is 4.79 Å². The quantitative estimate of drug-likeness (QED) is 0.766. The largest absolute Gasteiger partial charge is 0.349 e. The van der Waals surface area contributed by atoms with Crippen LogP contribution in [0.4, 0.5) is 0 Å². The zero-order valence-corrected chi connectivity index (χ0v) is 10.6. The number of hydrogen-bond donors (Lipinski definition) is 2. The van der Waals surface area contributed by atoms with Gasteiger partial charge < -0.3 is 11.1 Å². The Hall–Kier alpha value is -0.570. The van der Waals surface area contributed by atoms with Crippen molar-refractivity contribution in [3.8, 4) is 0 Å². The van der Waals surface area contributed by atoms with E-state index in [1.165, 1.54) is 25.7 Å². The minimum absolute atomic E-state index is 0.0165. The maximum Gasteiger partial charge on any atom is 0.224 e. The number of hydrogen-bond acceptors (Lipinski definition) is 2. The summed E-state index contributed by atoms with van der Waals surface area (Å²) in [4.78, 5) is 12.1. The molecule has 2 saturated carbocycles. The lowest BCUT2D eigenvalue weighted by Gasteiger charge is -2.30. The Labute approximate surface area is 98.2 Å². The van der Waals surface area contributed by atoms with E-state index in [2.05, 4.69) is 5.32 Å². The molecule has 0 aromatic rings. The molecule has 0 saturated heterocycles. The molecule has 0 aromatic heterocycles. The van der Waals surface area contributed by atoms with Crippen LogP contribution in [0.15, 0.2) is 0 Å². The molecule has 2 aliphatic rings. The molecule has 2 fully saturated rings. The van der Waals surface area contributed by atoms with Gasteiger partial charge >= 0.3 is 0 Å². The normalized spacial score (nSPS) is 35.1. The van der Waals surface area contributed by atoms with Crippen LogP contribution in [0.25, 0.3) is 0 Å². The van der Waals surface area contributed by atoms with Gasteiger partial charge in [-0.15, -0.1) is 0 Å². The SMILES string of the molecule is CC(N)C(C)(C)NC(=O)C1C2CCCCC21. The van der Waals surface area contributed by atoms with Crippen LogP contribution >= 0.6 is 0 Å². The van der Waals surface area contributed by atoms with Crippen molar-refractivity contribution in [2.45, 2.75) is 58.0 Å². The van der Waals surface area contributed by atoms with Gasteiger partial charge in [0, 0.05) is 17.5 Å². The van der Waals surface area contributed by atoms with Crippen LogP contribution < -0.4 is 11.1 Å². The molecule has 92 valence electrons. The highest BCUT2D eigenvalue weighted by Crippen LogP contribution is 2.55. The zero-order chi connectivity index (χ0) is 11.9. The lowest BCUT2D eigenvalue weighted by atomic mass is 9.96. The van der Waals surface area contributed by atoms with Crippen LogP contribution in [0.1, 0.15) is 46.5 Å². The summed E-state index contributed by atoms with van der Waals surface area (Å²) in [5.41, 5.74) is 5.58. The van der Waals surface area contributed by atoms with E-state index in [9.17, 15) is 4.79 Å². The number of carbonyl (C=O) groups excluding carboxylic acids is 1. The fourth-order valence-electron chi connectivity index (χ4n) is 2.90. The Kier molecular flexibility index (Phi) is 2.99. The van der Waals surface area contributed by atoms with Gasteiger partial charge in [0.15, 0.2) is 0 Å². The average molecular weight is 224 g/mol. The fourth-order valence-corrected chi connectivity index (χ4v) is 2.90. The Morgan fingerprint density at radius 3 is 2.25 bits per heavy atom. The summed E-state index contributed by atoms with van der Waals surface area (Å²) in [7, 11) is 0. The molecule has 3 N–H and O–H groups in total. The first-order valence-corrected chi connectivity index (χ1v) is 6.51. The summed E-state index contributed by atoms with van der Waals surface area (Å²) in [6.45, 7) is 5.95. The molecule has 0 aromatic carbocycles. The van der Waals surface area contributed by atoms with E-state index in [1.807, 2.05) is 20.8 Å². The topological polar surface area (TPSA) is 55.1 Å². The second kappa shape index (κ2) is 4.02. The number of amides is 1. The molecule has 3 unspecified atom stereocenters. The van der Waals surface area contributed by atoms with Crippen LogP contribution in [-0.4, -0.2) is 17.5 Å². The predicted octanol–water partition coefficient (Wildman–Crippen LogP) is 1.66. The summed E-state index contributed by atoms with van der Waals surface area (Å²) < 4.78 is 0. The van der Waals surface area contributed by atoms with Crippen LogP contribution in [0, 0.1) is 17.8 Å². The van der Waals surface area contributed by atoms with Gasteiger partial charge in [-0.1, -0.05) is 12.8 Å². The van der Waals surface area contributed by atoms with Gasteiger partial charge in [0.05, 0.1) is 0 Å². The highest BCUT2D eigenvalue weighted by atomic mass is 16.2. The first-order valence-electron chi connectivity index (χ1n) is 6.51. The Balaban J connectivity index is 1.90. The van der Waals surface area contributed by atoms with Crippen molar-refractivity contribution in [2.24, 2.45) is 23.5 Å². The molecule has 0 heterocycles. The monoisotopic (exact) mass is 224 g/mol. The van der Waals surface area contributed by atoms with E-state index in [-0.39, 0.29) is 17.5 Å². The van der Waals surface area contributed by atoms with Crippen LogP contribution in [0.2, 0.25) is 0 Å². The summed E-state index contributed by atoms with van der Waals surface area (Å²) >= 11 is 0. The number of carbonyl (C=O) groups is 1. The Morgan fingerprint density at radius 1 is 1.31 bits per heavy atom. The van der Waals surface area contributed by atoms with E-state index in [0.29, 0.717) is 17.8 Å². The lowest BCUT2D eigenvalue weighted by Crippen LogP contribution is -2.55. The van der Waals surface area contributed by atoms with Crippen molar-refractivity contribution >= 4 is 5.91 Å². The second-order valence-electron chi connectivity index (χ2n) is 6.14. The maximum atomic E-state index is 12.1. The van der Waals surface area contributed by atoms with E-state index < -0.39 is 0 Å². The molecule has 3 nitrogen and oxygen atoms in total. The van der Waals surface area contributed by atoms with Gasteiger partial charge in [-0.05, 0) is 45.4 Å². The number of rotatable bonds is 3. The maximum absolute atomic E-state index is 12.1. The van der Waals surface area contributed by atoms with Crippen molar-refractivity contribution in [3.63, 3.8) is 0 Å². The average Bonchev–Trinajstić information content (AvgIpc) is 2.90. The van der Waals surface area contributed by atoms with Crippen LogP contribution in [0.3, 0.4) is 0 Å². The van der Waals surface area contributed by atoms with Gasteiger partial charge in [-0.2, -0.15) is 0 Å². The fraction of sp³-hybridized carbons (Fsp3) is 0.923. The molecule has 2 aliphatic carbocycles. The molecular formula is C13H24N2O. The van der Waals surface area contributed by atoms with Crippen molar-refractivity contribution in [3.05, 3.63) is 0 Å². The van der Waals surface area contributed by atoms with Gasteiger partial charge in [0.2, 0.25) is 5.91 Å². The lowest BCUT2D eigenvalue weighted by molar-refractivity contribution is -0.124. The third-order valence-corrected chi connectivity index (χ3v) is 4.54.